The van der Waals surface area contributed by atoms with Crippen molar-refractivity contribution in [3.8, 4) is 28.9 Å². The van der Waals surface area contributed by atoms with Crippen molar-refractivity contribution in [1.29, 1.82) is 0 Å². The Kier molecular flexibility index (Phi) is 6.44. The number of aromatic nitrogens is 4. The van der Waals surface area contributed by atoms with Crippen molar-refractivity contribution in [2.24, 2.45) is 0 Å². The van der Waals surface area contributed by atoms with Crippen LogP contribution in [0.2, 0.25) is 0 Å². The molecule has 9 nitrogen and oxygen atoms in total. The molecule has 1 amide bonds. The summed E-state index contributed by atoms with van der Waals surface area (Å²) in [5, 5.41) is 2.86. The Morgan fingerprint density at radius 1 is 0.971 bits per heavy atom. The van der Waals surface area contributed by atoms with Gasteiger partial charge in [-0.15, -0.1) is 0 Å². The van der Waals surface area contributed by atoms with Gasteiger partial charge < -0.3 is 19.5 Å². The van der Waals surface area contributed by atoms with Gasteiger partial charge in [0, 0.05) is 17.4 Å². The van der Waals surface area contributed by atoms with Crippen LogP contribution in [-0.2, 0) is 0 Å². The number of rotatable bonds is 7. The fourth-order valence-electron chi connectivity index (χ4n) is 3.42. The lowest BCUT2D eigenvalue weighted by Gasteiger charge is -2.13. The number of aryl methyl sites for hydroxylation is 2. The molecule has 0 spiro atoms. The maximum atomic E-state index is 12.8. The summed E-state index contributed by atoms with van der Waals surface area (Å²) in [5.74, 6) is 2.78. The SMILES string of the molecule is COc1cccc(C(=O)Nc2ccc(Oc3cc(-n4cnc(C)c4C)nc(C)n3)cc2)c1OC. The molecule has 4 rings (SSSR count). The summed E-state index contributed by atoms with van der Waals surface area (Å²) in [6.45, 7) is 5.73. The Hall–Kier alpha value is -4.40. The quantitative estimate of drug-likeness (QED) is 0.429. The molecule has 4 aromatic rings. The van der Waals surface area contributed by atoms with E-state index in [1.54, 1.807) is 61.8 Å². The Morgan fingerprint density at radius 3 is 2.38 bits per heavy atom. The van der Waals surface area contributed by atoms with Crippen molar-refractivity contribution in [3.05, 3.63) is 77.6 Å². The van der Waals surface area contributed by atoms with Crippen molar-refractivity contribution in [1.82, 2.24) is 19.5 Å². The van der Waals surface area contributed by atoms with Gasteiger partial charge in [0.25, 0.3) is 5.91 Å². The number of nitrogens with zero attached hydrogens (tertiary/aromatic N) is 4. The van der Waals surface area contributed by atoms with E-state index >= 15 is 0 Å². The molecule has 0 radical (unpaired) electrons. The Morgan fingerprint density at radius 2 is 1.74 bits per heavy atom. The highest BCUT2D eigenvalue weighted by Crippen LogP contribution is 2.31. The van der Waals surface area contributed by atoms with Gasteiger partial charge in [0.2, 0.25) is 5.88 Å². The third kappa shape index (κ3) is 4.68. The molecule has 1 N–H and O–H groups in total. The second-order valence-corrected chi connectivity index (χ2v) is 7.52. The van der Waals surface area contributed by atoms with Gasteiger partial charge in [-0.25, -0.2) is 9.97 Å². The van der Waals surface area contributed by atoms with Crippen LogP contribution in [0.15, 0.2) is 54.9 Å². The first-order chi connectivity index (χ1) is 16.4. The summed E-state index contributed by atoms with van der Waals surface area (Å²) < 4.78 is 18.4. The van der Waals surface area contributed by atoms with Gasteiger partial charge in [-0.05, 0) is 57.2 Å². The fourth-order valence-corrected chi connectivity index (χ4v) is 3.42. The molecule has 2 aromatic heterocycles. The number of carbonyl (C=O) groups is 1. The lowest BCUT2D eigenvalue weighted by atomic mass is 10.1. The first-order valence-electron chi connectivity index (χ1n) is 10.6. The summed E-state index contributed by atoms with van der Waals surface area (Å²) in [6.07, 6.45) is 1.73. The topological polar surface area (TPSA) is 100 Å². The second-order valence-electron chi connectivity index (χ2n) is 7.52. The van der Waals surface area contributed by atoms with Crippen LogP contribution < -0.4 is 19.5 Å². The number of anilines is 1. The van der Waals surface area contributed by atoms with Crippen LogP contribution in [-0.4, -0.2) is 39.6 Å². The monoisotopic (exact) mass is 459 g/mol. The van der Waals surface area contributed by atoms with Crippen molar-refractivity contribution in [3.63, 3.8) is 0 Å². The van der Waals surface area contributed by atoms with E-state index < -0.39 is 0 Å². The van der Waals surface area contributed by atoms with Crippen molar-refractivity contribution < 1.29 is 19.0 Å². The number of ether oxygens (including phenoxy) is 3. The molecule has 9 heteroatoms. The zero-order valence-electron chi connectivity index (χ0n) is 19.6. The maximum absolute atomic E-state index is 12.8. The zero-order chi connectivity index (χ0) is 24.2. The summed E-state index contributed by atoms with van der Waals surface area (Å²) >= 11 is 0. The number of amides is 1. The third-order valence-electron chi connectivity index (χ3n) is 5.28. The van der Waals surface area contributed by atoms with E-state index in [1.165, 1.54) is 14.2 Å². The van der Waals surface area contributed by atoms with E-state index in [-0.39, 0.29) is 5.91 Å². The number of hydrogen-bond acceptors (Lipinski definition) is 7. The van der Waals surface area contributed by atoms with Gasteiger partial charge in [-0.1, -0.05) is 6.07 Å². The number of methoxy groups -OCH3 is 2. The number of hydrogen-bond donors (Lipinski definition) is 1. The lowest BCUT2D eigenvalue weighted by molar-refractivity contribution is 0.102. The average molecular weight is 460 g/mol. The summed E-state index contributed by atoms with van der Waals surface area (Å²) in [4.78, 5) is 26.0. The minimum atomic E-state index is -0.313. The molecule has 0 aliphatic rings. The number of benzene rings is 2. The van der Waals surface area contributed by atoms with Gasteiger partial charge in [0.15, 0.2) is 11.5 Å². The van der Waals surface area contributed by atoms with Crippen molar-refractivity contribution >= 4 is 11.6 Å². The number of nitrogens with one attached hydrogen (secondary N) is 1. The number of carbonyl (C=O) groups excluding carboxylic acids is 1. The van der Waals surface area contributed by atoms with E-state index in [0.717, 1.165) is 11.4 Å². The molecule has 2 heterocycles. The first kappa shape index (κ1) is 22.8. The molecule has 174 valence electrons. The van der Waals surface area contributed by atoms with Crippen LogP contribution in [0.1, 0.15) is 27.6 Å². The Balaban J connectivity index is 1.50. The van der Waals surface area contributed by atoms with E-state index in [0.29, 0.717) is 46.0 Å². The minimum absolute atomic E-state index is 0.313. The molecule has 0 fully saturated rings. The van der Waals surface area contributed by atoms with E-state index in [9.17, 15) is 4.79 Å². The summed E-state index contributed by atoms with van der Waals surface area (Å²) in [5.41, 5.74) is 2.90. The van der Waals surface area contributed by atoms with Crippen LogP contribution in [0, 0.1) is 20.8 Å². The summed E-state index contributed by atoms with van der Waals surface area (Å²) in [7, 11) is 3.02. The van der Waals surface area contributed by atoms with Crippen LogP contribution in [0.4, 0.5) is 5.69 Å². The summed E-state index contributed by atoms with van der Waals surface area (Å²) in [6, 6.07) is 13.9. The highest BCUT2D eigenvalue weighted by atomic mass is 16.5. The molecule has 0 aliphatic heterocycles. The predicted octanol–water partition coefficient (Wildman–Crippen LogP) is 4.65. The number of imidazole rings is 1. The first-order valence-corrected chi connectivity index (χ1v) is 10.6. The largest absolute Gasteiger partial charge is 0.493 e. The molecule has 0 saturated heterocycles. The zero-order valence-corrected chi connectivity index (χ0v) is 19.6. The second kappa shape index (κ2) is 9.62. The molecule has 0 saturated carbocycles. The smallest absolute Gasteiger partial charge is 0.259 e. The normalized spacial score (nSPS) is 10.6. The van der Waals surface area contributed by atoms with E-state index in [2.05, 4.69) is 20.3 Å². The maximum Gasteiger partial charge on any atom is 0.259 e. The minimum Gasteiger partial charge on any atom is -0.493 e. The molecular formula is C25H25N5O4. The van der Waals surface area contributed by atoms with E-state index in [4.69, 9.17) is 14.2 Å². The van der Waals surface area contributed by atoms with Gasteiger partial charge in [-0.2, -0.15) is 4.98 Å². The van der Waals surface area contributed by atoms with Crippen molar-refractivity contribution in [2.75, 3.05) is 19.5 Å². The highest BCUT2D eigenvalue weighted by Gasteiger charge is 2.16. The Bertz CT molecular complexity index is 1330. The van der Waals surface area contributed by atoms with Crippen LogP contribution in [0.3, 0.4) is 0 Å². The van der Waals surface area contributed by atoms with Gasteiger partial charge in [0.1, 0.15) is 23.7 Å². The van der Waals surface area contributed by atoms with Gasteiger partial charge >= 0.3 is 0 Å². The average Bonchev–Trinajstić information content (AvgIpc) is 3.17. The highest BCUT2D eigenvalue weighted by molar-refractivity contribution is 6.06. The standard InChI is InChI=1S/C25H25N5O4/c1-15-16(2)30(14-26-15)22-13-23(28-17(3)27-22)34-19-11-9-18(10-12-19)29-25(31)20-7-6-8-21(32-4)24(20)33-5/h6-14H,1-5H3,(H,29,31). The molecular weight excluding hydrogens is 434 g/mol. The van der Waals surface area contributed by atoms with Crippen LogP contribution >= 0.6 is 0 Å². The molecule has 34 heavy (non-hydrogen) atoms. The molecule has 0 unspecified atom stereocenters. The van der Waals surface area contributed by atoms with Gasteiger partial charge in [-0.3, -0.25) is 9.36 Å². The molecule has 2 aromatic carbocycles. The lowest BCUT2D eigenvalue weighted by Crippen LogP contribution is -2.13. The van der Waals surface area contributed by atoms with E-state index in [1.807, 2.05) is 18.4 Å². The third-order valence-corrected chi connectivity index (χ3v) is 5.28. The molecule has 0 bridgehead atoms. The van der Waals surface area contributed by atoms with Crippen LogP contribution in [0.25, 0.3) is 5.82 Å². The predicted molar refractivity (Wildman–Crippen MR) is 127 cm³/mol. The van der Waals surface area contributed by atoms with Gasteiger partial charge in [0.05, 0.1) is 25.5 Å². The molecule has 0 atom stereocenters. The number of para-hydroxylation sites is 1. The molecule has 0 aliphatic carbocycles. The van der Waals surface area contributed by atoms with Crippen molar-refractivity contribution in [2.45, 2.75) is 20.8 Å². The fraction of sp³-hybridized carbons (Fsp3) is 0.200. The Labute approximate surface area is 197 Å². The van der Waals surface area contributed by atoms with Crippen LogP contribution in [0.5, 0.6) is 23.1 Å².